The maximum Gasteiger partial charge on any atom is 0.139 e. The van der Waals surface area contributed by atoms with Crippen LogP contribution in [0.3, 0.4) is 0 Å². The van der Waals surface area contributed by atoms with Gasteiger partial charge in [0.15, 0.2) is 0 Å². The van der Waals surface area contributed by atoms with Crippen LogP contribution in [0, 0.1) is 11.8 Å². The number of aliphatic hydroxyl groups is 1. The third-order valence-electron chi connectivity index (χ3n) is 4.68. The molecule has 0 spiro atoms. The molecule has 1 unspecified atom stereocenters. The Bertz CT molecular complexity index is 591. The molecule has 3 nitrogen and oxygen atoms in total. The Kier molecular flexibility index (Phi) is 7.02. The van der Waals surface area contributed by atoms with Gasteiger partial charge in [-0.05, 0) is 58.4 Å². The van der Waals surface area contributed by atoms with E-state index in [-0.39, 0.29) is 0 Å². The Morgan fingerprint density at radius 3 is 3.00 bits per heavy atom. The second-order valence-electron chi connectivity index (χ2n) is 7.32. The van der Waals surface area contributed by atoms with Gasteiger partial charge in [0.2, 0.25) is 0 Å². The molecule has 0 radical (unpaired) electrons. The van der Waals surface area contributed by atoms with Crippen LogP contribution in [0.5, 0.6) is 0 Å². The van der Waals surface area contributed by atoms with Gasteiger partial charge in [-0.1, -0.05) is 23.6 Å². The second-order valence-corrected chi connectivity index (χ2v) is 7.32. The highest BCUT2D eigenvalue weighted by atomic mass is 16.3. The quantitative estimate of drug-likeness (QED) is 0.644. The molecule has 3 heteroatoms. The summed E-state index contributed by atoms with van der Waals surface area (Å²) in [5.74, 6) is 6.35. The molecule has 1 aromatic rings. The maximum absolute atomic E-state index is 10.4. The summed E-state index contributed by atoms with van der Waals surface area (Å²) >= 11 is 0. The van der Waals surface area contributed by atoms with Crippen molar-refractivity contribution in [2.24, 2.45) is 0 Å². The van der Waals surface area contributed by atoms with E-state index >= 15 is 0 Å². The summed E-state index contributed by atoms with van der Waals surface area (Å²) in [6.45, 7) is 7.92. The molecular formula is C21H31N2O+. The third kappa shape index (κ3) is 6.11. The minimum atomic E-state index is -0.898. The number of nitrogens with one attached hydrogen (secondary N) is 1. The number of hydrogen-bond acceptors (Lipinski definition) is 2. The predicted octanol–water partition coefficient (Wildman–Crippen LogP) is 2.69. The van der Waals surface area contributed by atoms with Crippen LogP contribution in [-0.2, 0) is 0 Å². The average Bonchev–Trinajstić information content (AvgIpc) is 2.55. The maximum atomic E-state index is 10.4. The van der Waals surface area contributed by atoms with E-state index in [0.717, 1.165) is 19.5 Å². The van der Waals surface area contributed by atoms with Gasteiger partial charge in [-0.25, -0.2) is 0 Å². The van der Waals surface area contributed by atoms with Crippen LogP contribution in [0.1, 0.15) is 64.5 Å². The van der Waals surface area contributed by atoms with Gasteiger partial charge in [0.1, 0.15) is 18.2 Å². The first-order chi connectivity index (χ1) is 11.5. The van der Waals surface area contributed by atoms with E-state index in [0.29, 0.717) is 12.5 Å². The van der Waals surface area contributed by atoms with Crippen LogP contribution in [0.25, 0.3) is 0 Å². The number of aromatic nitrogens is 1. The largest absolute Gasteiger partial charge is 0.378 e. The molecule has 2 heterocycles. The lowest BCUT2D eigenvalue weighted by Crippen LogP contribution is -3.13. The molecule has 1 aliphatic rings. The molecule has 0 bridgehead atoms. The highest BCUT2D eigenvalue weighted by molar-refractivity contribution is 5.14. The van der Waals surface area contributed by atoms with Crippen molar-refractivity contribution in [1.29, 1.82) is 0 Å². The summed E-state index contributed by atoms with van der Waals surface area (Å²) in [6, 6.07) is 4.67. The van der Waals surface area contributed by atoms with Crippen LogP contribution in [0.4, 0.5) is 0 Å². The number of piperidine rings is 1. The molecule has 0 amide bonds. The van der Waals surface area contributed by atoms with E-state index in [4.69, 9.17) is 0 Å². The molecule has 0 saturated carbocycles. The zero-order chi connectivity index (χ0) is 17.4. The van der Waals surface area contributed by atoms with E-state index in [9.17, 15) is 5.11 Å². The van der Waals surface area contributed by atoms with Crippen molar-refractivity contribution in [3.63, 3.8) is 0 Å². The first-order valence-corrected chi connectivity index (χ1v) is 9.08. The Hall–Kier alpha value is -1.63. The predicted molar refractivity (Wildman–Crippen MR) is 98.6 cm³/mol. The lowest BCUT2D eigenvalue weighted by molar-refractivity contribution is -0.930. The fourth-order valence-electron chi connectivity index (χ4n) is 3.33. The Morgan fingerprint density at radius 1 is 1.46 bits per heavy atom. The molecule has 3 atom stereocenters. The molecule has 1 aromatic heterocycles. The molecule has 2 rings (SSSR count). The smallest absolute Gasteiger partial charge is 0.139 e. The highest BCUT2D eigenvalue weighted by Crippen LogP contribution is 2.18. The molecule has 0 aromatic carbocycles. The van der Waals surface area contributed by atoms with Gasteiger partial charge in [-0.15, -0.1) is 0 Å². The van der Waals surface area contributed by atoms with Gasteiger partial charge >= 0.3 is 0 Å². The van der Waals surface area contributed by atoms with Gasteiger partial charge in [0.25, 0.3) is 0 Å². The van der Waals surface area contributed by atoms with Gasteiger partial charge in [0.05, 0.1) is 6.54 Å². The average molecular weight is 327 g/mol. The normalized spacial score (nSPS) is 22.8. The summed E-state index contributed by atoms with van der Waals surface area (Å²) in [7, 11) is 0. The molecule has 2 N–H and O–H groups in total. The molecule has 1 aliphatic heterocycles. The second kappa shape index (κ2) is 9.01. The summed E-state index contributed by atoms with van der Waals surface area (Å²) in [4.78, 5) is 5.77. The fraction of sp³-hybridized carbons (Fsp3) is 0.571. The number of hydrogen-bond donors (Lipinski definition) is 2. The van der Waals surface area contributed by atoms with E-state index < -0.39 is 5.60 Å². The fourth-order valence-corrected chi connectivity index (χ4v) is 3.33. The Labute approximate surface area is 146 Å². The molecule has 0 aliphatic carbocycles. The standard InChI is InChI=1S/C21H30N2O/c1-18(2)9-6-12-21(3,24)13-8-16-23-15-5-4-11-20(23)19-10-7-14-22-17-19/h7,9-10,14,17,20,24H,4-6,11-12,15-16H2,1-3H3/p+1/t20-,21+/m1/s1. The van der Waals surface area contributed by atoms with Crippen molar-refractivity contribution in [1.82, 2.24) is 4.98 Å². The van der Waals surface area contributed by atoms with E-state index in [1.54, 1.807) is 0 Å². The molecule has 1 saturated heterocycles. The van der Waals surface area contributed by atoms with Crippen LogP contribution in [-0.4, -0.2) is 28.8 Å². The molecule has 24 heavy (non-hydrogen) atoms. The molecular weight excluding hydrogens is 296 g/mol. The van der Waals surface area contributed by atoms with Crippen molar-refractivity contribution in [2.75, 3.05) is 13.1 Å². The van der Waals surface area contributed by atoms with E-state index in [1.807, 2.05) is 25.4 Å². The zero-order valence-electron chi connectivity index (χ0n) is 15.3. The Balaban J connectivity index is 1.95. The first-order valence-electron chi connectivity index (χ1n) is 9.08. The number of pyridine rings is 1. The van der Waals surface area contributed by atoms with Crippen molar-refractivity contribution in [3.05, 3.63) is 41.7 Å². The van der Waals surface area contributed by atoms with Crippen LogP contribution in [0.15, 0.2) is 36.2 Å². The van der Waals surface area contributed by atoms with Crippen LogP contribution in [0.2, 0.25) is 0 Å². The summed E-state index contributed by atoms with van der Waals surface area (Å²) in [5, 5.41) is 10.4. The Morgan fingerprint density at radius 2 is 2.29 bits per heavy atom. The molecule has 1 fully saturated rings. The minimum absolute atomic E-state index is 0.484. The number of quaternary nitrogens is 1. The minimum Gasteiger partial charge on any atom is -0.378 e. The van der Waals surface area contributed by atoms with Crippen molar-refractivity contribution >= 4 is 0 Å². The topological polar surface area (TPSA) is 37.6 Å². The lowest BCUT2D eigenvalue weighted by atomic mass is 9.96. The third-order valence-corrected chi connectivity index (χ3v) is 4.68. The molecule has 130 valence electrons. The zero-order valence-corrected chi connectivity index (χ0v) is 15.3. The van der Waals surface area contributed by atoms with Crippen LogP contribution < -0.4 is 4.90 Å². The number of rotatable bonds is 5. The summed E-state index contributed by atoms with van der Waals surface area (Å²) < 4.78 is 0. The van der Waals surface area contributed by atoms with Gasteiger partial charge in [-0.2, -0.15) is 0 Å². The number of nitrogens with zero attached hydrogens (tertiary/aromatic N) is 1. The van der Waals surface area contributed by atoms with E-state index in [2.05, 4.69) is 42.8 Å². The van der Waals surface area contributed by atoms with Gasteiger partial charge < -0.3 is 10.0 Å². The first kappa shape index (κ1) is 18.7. The van der Waals surface area contributed by atoms with Crippen molar-refractivity contribution in [2.45, 2.75) is 64.5 Å². The van der Waals surface area contributed by atoms with Crippen molar-refractivity contribution in [3.8, 4) is 11.8 Å². The van der Waals surface area contributed by atoms with Gasteiger partial charge in [-0.3, -0.25) is 4.98 Å². The summed E-state index contributed by atoms with van der Waals surface area (Å²) in [5.41, 5.74) is 1.70. The highest BCUT2D eigenvalue weighted by Gasteiger charge is 2.27. The number of likely N-dealkylation sites (tertiary alicyclic amines) is 1. The van der Waals surface area contributed by atoms with Crippen molar-refractivity contribution < 1.29 is 10.0 Å². The SMILES string of the molecule is CC(C)=CCC[C@](C)(O)C#CC[NH+]1CCCC[C@@H]1c1cccnc1. The summed E-state index contributed by atoms with van der Waals surface area (Å²) in [6.07, 6.45) is 11.3. The van der Waals surface area contributed by atoms with Crippen LogP contribution >= 0.6 is 0 Å². The van der Waals surface area contributed by atoms with E-state index in [1.165, 1.54) is 35.3 Å². The monoisotopic (exact) mass is 327 g/mol. The lowest BCUT2D eigenvalue weighted by Gasteiger charge is -2.31. The number of allylic oxidation sites excluding steroid dienone is 2. The van der Waals surface area contributed by atoms with Gasteiger partial charge in [0, 0.05) is 24.4 Å².